The molecule has 0 rings (SSSR count). The number of rotatable bonds is 3. The van der Waals surface area contributed by atoms with Crippen LogP contribution in [0.2, 0.25) is 0 Å². The Hall–Kier alpha value is -0.570. The molecule has 0 amide bonds. The SMILES string of the molecule is CC(C)CC(O)C(=O)OC(C)(C)C. The van der Waals surface area contributed by atoms with E-state index in [4.69, 9.17) is 4.74 Å². The molecule has 0 aromatic heterocycles. The summed E-state index contributed by atoms with van der Waals surface area (Å²) in [5.41, 5.74) is -0.519. The van der Waals surface area contributed by atoms with Crippen LogP contribution in [0.15, 0.2) is 0 Å². The Bertz CT molecular complexity index is 167. The largest absolute Gasteiger partial charge is 0.458 e. The van der Waals surface area contributed by atoms with Crippen molar-refractivity contribution in [1.29, 1.82) is 0 Å². The Morgan fingerprint density at radius 1 is 1.38 bits per heavy atom. The van der Waals surface area contributed by atoms with Gasteiger partial charge in [-0.2, -0.15) is 0 Å². The van der Waals surface area contributed by atoms with Crippen LogP contribution in [0, 0.1) is 5.92 Å². The van der Waals surface area contributed by atoms with E-state index in [1.165, 1.54) is 0 Å². The van der Waals surface area contributed by atoms with Gasteiger partial charge in [0.05, 0.1) is 0 Å². The van der Waals surface area contributed by atoms with Crippen LogP contribution in [-0.4, -0.2) is 22.8 Å². The fourth-order valence-electron chi connectivity index (χ4n) is 0.913. The second kappa shape index (κ2) is 4.61. The Morgan fingerprint density at radius 3 is 2.15 bits per heavy atom. The van der Waals surface area contributed by atoms with E-state index in [2.05, 4.69) is 0 Å². The molecule has 1 N–H and O–H groups in total. The van der Waals surface area contributed by atoms with E-state index >= 15 is 0 Å². The van der Waals surface area contributed by atoms with Crippen molar-refractivity contribution in [3.63, 3.8) is 0 Å². The normalized spacial score (nSPS) is 14.4. The average molecular weight is 188 g/mol. The van der Waals surface area contributed by atoms with Crippen LogP contribution in [0.1, 0.15) is 41.0 Å². The first-order chi connectivity index (χ1) is 5.72. The van der Waals surface area contributed by atoms with Crippen molar-refractivity contribution in [3.05, 3.63) is 0 Å². The molecule has 78 valence electrons. The van der Waals surface area contributed by atoms with E-state index in [1.807, 2.05) is 13.8 Å². The van der Waals surface area contributed by atoms with Gasteiger partial charge in [-0.05, 0) is 33.1 Å². The van der Waals surface area contributed by atoms with Crippen LogP contribution in [0.3, 0.4) is 0 Å². The Kier molecular flexibility index (Phi) is 4.40. The molecular weight excluding hydrogens is 168 g/mol. The molecule has 0 aliphatic heterocycles. The van der Waals surface area contributed by atoms with Crippen LogP contribution in [0.4, 0.5) is 0 Å². The lowest BCUT2D eigenvalue weighted by Crippen LogP contribution is -2.32. The predicted molar refractivity (Wildman–Crippen MR) is 51.3 cm³/mol. The third-order valence-electron chi connectivity index (χ3n) is 1.37. The average Bonchev–Trinajstić information content (AvgIpc) is 1.81. The van der Waals surface area contributed by atoms with Crippen molar-refractivity contribution >= 4 is 5.97 Å². The smallest absolute Gasteiger partial charge is 0.335 e. The topological polar surface area (TPSA) is 46.5 Å². The maximum Gasteiger partial charge on any atom is 0.335 e. The molecule has 0 saturated heterocycles. The minimum absolute atomic E-state index is 0.294. The van der Waals surface area contributed by atoms with Crippen LogP contribution < -0.4 is 0 Å². The van der Waals surface area contributed by atoms with Crippen molar-refractivity contribution in [1.82, 2.24) is 0 Å². The summed E-state index contributed by atoms with van der Waals surface area (Å²) < 4.78 is 5.01. The summed E-state index contributed by atoms with van der Waals surface area (Å²) in [5, 5.41) is 9.38. The van der Waals surface area contributed by atoms with Crippen LogP contribution in [0.25, 0.3) is 0 Å². The van der Waals surface area contributed by atoms with Crippen molar-refractivity contribution < 1.29 is 14.6 Å². The molecule has 0 aromatic carbocycles. The minimum Gasteiger partial charge on any atom is -0.458 e. The lowest BCUT2D eigenvalue weighted by molar-refractivity contribution is -0.165. The summed E-state index contributed by atoms with van der Waals surface area (Å²) in [4.78, 5) is 11.2. The molecule has 0 aliphatic carbocycles. The van der Waals surface area contributed by atoms with Crippen molar-refractivity contribution in [3.8, 4) is 0 Å². The Balaban J connectivity index is 3.97. The van der Waals surface area contributed by atoms with Crippen LogP contribution in [0.5, 0.6) is 0 Å². The maximum absolute atomic E-state index is 11.2. The molecule has 0 fully saturated rings. The summed E-state index contributed by atoms with van der Waals surface area (Å²) in [6.45, 7) is 9.26. The quantitative estimate of drug-likeness (QED) is 0.686. The van der Waals surface area contributed by atoms with Crippen LogP contribution >= 0.6 is 0 Å². The Labute approximate surface area is 80.1 Å². The van der Waals surface area contributed by atoms with Gasteiger partial charge in [0.2, 0.25) is 0 Å². The summed E-state index contributed by atoms with van der Waals surface area (Å²) >= 11 is 0. The first-order valence-electron chi connectivity index (χ1n) is 4.63. The highest BCUT2D eigenvalue weighted by molar-refractivity contribution is 5.74. The predicted octanol–water partition coefficient (Wildman–Crippen LogP) is 1.74. The van der Waals surface area contributed by atoms with Gasteiger partial charge in [0.15, 0.2) is 6.10 Å². The van der Waals surface area contributed by atoms with Gasteiger partial charge in [-0.15, -0.1) is 0 Å². The number of esters is 1. The van der Waals surface area contributed by atoms with E-state index < -0.39 is 17.7 Å². The van der Waals surface area contributed by atoms with E-state index in [0.717, 1.165) is 0 Å². The Morgan fingerprint density at radius 2 is 1.85 bits per heavy atom. The van der Waals surface area contributed by atoms with E-state index in [9.17, 15) is 9.90 Å². The lowest BCUT2D eigenvalue weighted by Gasteiger charge is -2.22. The second-order valence-electron chi connectivity index (χ2n) is 4.68. The number of aliphatic hydroxyl groups is 1. The number of carbonyl (C=O) groups excluding carboxylic acids is 1. The summed E-state index contributed by atoms with van der Waals surface area (Å²) in [5.74, 6) is -0.233. The van der Waals surface area contributed by atoms with Gasteiger partial charge in [-0.25, -0.2) is 4.79 Å². The number of aliphatic hydroxyl groups excluding tert-OH is 1. The van der Waals surface area contributed by atoms with Gasteiger partial charge in [0.1, 0.15) is 5.60 Å². The number of carbonyl (C=O) groups is 1. The highest BCUT2D eigenvalue weighted by atomic mass is 16.6. The van der Waals surface area contributed by atoms with Gasteiger partial charge in [-0.3, -0.25) is 0 Å². The molecule has 0 aliphatic rings. The van der Waals surface area contributed by atoms with Gasteiger partial charge in [-0.1, -0.05) is 13.8 Å². The maximum atomic E-state index is 11.2. The monoisotopic (exact) mass is 188 g/mol. The number of hydrogen-bond acceptors (Lipinski definition) is 3. The van der Waals surface area contributed by atoms with Crippen molar-refractivity contribution in [2.24, 2.45) is 5.92 Å². The van der Waals surface area contributed by atoms with Crippen molar-refractivity contribution in [2.45, 2.75) is 52.7 Å². The molecule has 13 heavy (non-hydrogen) atoms. The second-order valence-corrected chi connectivity index (χ2v) is 4.68. The molecule has 3 heteroatoms. The van der Waals surface area contributed by atoms with E-state index in [0.29, 0.717) is 12.3 Å². The highest BCUT2D eigenvalue weighted by Gasteiger charge is 2.23. The van der Waals surface area contributed by atoms with Gasteiger partial charge in [0.25, 0.3) is 0 Å². The highest BCUT2D eigenvalue weighted by Crippen LogP contribution is 2.12. The first-order valence-corrected chi connectivity index (χ1v) is 4.63. The minimum atomic E-state index is -0.987. The number of ether oxygens (including phenoxy) is 1. The third-order valence-corrected chi connectivity index (χ3v) is 1.37. The summed E-state index contributed by atoms with van der Waals surface area (Å²) in [7, 11) is 0. The molecule has 1 unspecified atom stereocenters. The zero-order valence-corrected chi connectivity index (χ0v) is 9.13. The summed E-state index contributed by atoms with van der Waals surface area (Å²) in [6.07, 6.45) is -0.534. The molecule has 3 nitrogen and oxygen atoms in total. The first kappa shape index (κ1) is 12.4. The molecular formula is C10H20O3. The number of hydrogen-bond donors (Lipinski definition) is 1. The zero-order chi connectivity index (χ0) is 10.6. The molecule has 0 saturated carbocycles. The molecule has 0 spiro atoms. The fraction of sp³-hybridized carbons (Fsp3) is 0.900. The molecule has 0 aromatic rings. The standard InChI is InChI=1S/C10H20O3/c1-7(2)6-8(11)9(12)13-10(3,4)5/h7-8,11H,6H2,1-5H3. The van der Waals surface area contributed by atoms with E-state index in [1.54, 1.807) is 20.8 Å². The molecule has 0 heterocycles. The van der Waals surface area contributed by atoms with Gasteiger partial charge in [0, 0.05) is 0 Å². The molecule has 0 bridgehead atoms. The molecule has 1 atom stereocenters. The van der Waals surface area contributed by atoms with E-state index in [-0.39, 0.29) is 0 Å². The zero-order valence-electron chi connectivity index (χ0n) is 9.13. The summed E-state index contributed by atoms with van der Waals surface area (Å²) in [6, 6.07) is 0. The molecule has 0 radical (unpaired) electrons. The third kappa shape index (κ3) is 6.58. The van der Waals surface area contributed by atoms with Gasteiger partial charge < -0.3 is 9.84 Å². The van der Waals surface area contributed by atoms with Gasteiger partial charge >= 0.3 is 5.97 Å². The van der Waals surface area contributed by atoms with Crippen molar-refractivity contribution in [2.75, 3.05) is 0 Å². The lowest BCUT2D eigenvalue weighted by atomic mass is 10.1. The fourth-order valence-corrected chi connectivity index (χ4v) is 0.913. The van der Waals surface area contributed by atoms with Crippen LogP contribution in [-0.2, 0) is 9.53 Å².